The van der Waals surface area contributed by atoms with Crippen molar-refractivity contribution in [2.45, 2.75) is 12.8 Å². The van der Waals surface area contributed by atoms with E-state index in [-0.39, 0.29) is 13.5 Å². The van der Waals surface area contributed by atoms with E-state index in [1.54, 1.807) is 12.1 Å². The summed E-state index contributed by atoms with van der Waals surface area (Å²) in [7, 11) is 0. The Bertz CT molecular complexity index is 912. The van der Waals surface area contributed by atoms with Crippen LogP contribution in [0.2, 0.25) is 15.2 Å². The van der Waals surface area contributed by atoms with Crippen LogP contribution in [0, 0.1) is 5.92 Å². The molecule has 0 amide bonds. The van der Waals surface area contributed by atoms with Crippen LogP contribution in [0.4, 0.5) is 11.6 Å². The molecule has 9 heteroatoms. The molecule has 0 saturated carbocycles. The molecule has 1 aromatic carbocycles. The van der Waals surface area contributed by atoms with Crippen LogP contribution in [0.1, 0.15) is 12.8 Å². The van der Waals surface area contributed by atoms with Gasteiger partial charge in [0.1, 0.15) is 5.15 Å². The summed E-state index contributed by atoms with van der Waals surface area (Å²) in [5, 5.41) is 5.18. The van der Waals surface area contributed by atoms with E-state index >= 15 is 0 Å². The molecule has 1 atom stereocenters. The number of pyridine rings is 1. The number of H-pyrrole nitrogens is 1. The molecule has 4 rings (SSSR count). The number of hydrogen-bond acceptors (Lipinski definition) is 4. The maximum atomic E-state index is 6.06. The number of benzene rings is 1. The molecule has 144 valence electrons. The van der Waals surface area contributed by atoms with Gasteiger partial charge in [0.15, 0.2) is 5.65 Å². The molecule has 0 spiro atoms. The fraction of sp³-hybridized carbons (Fsp3) is 0.333. The molecule has 0 bridgehead atoms. The van der Waals surface area contributed by atoms with Gasteiger partial charge in [-0.25, -0.2) is 4.98 Å². The van der Waals surface area contributed by atoms with Crippen LogP contribution in [-0.2, 0) is 0 Å². The fourth-order valence-electron chi connectivity index (χ4n) is 3.35. The molecule has 3 aromatic rings. The van der Waals surface area contributed by atoms with Crippen molar-refractivity contribution in [1.82, 2.24) is 15.0 Å². The van der Waals surface area contributed by atoms with Gasteiger partial charge in [0.2, 0.25) is 5.95 Å². The topological polar surface area (TPSA) is 56.8 Å². The number of anilines is 2. The van der Waals surface area contributed by atoms with E-state index in [4.69, 9.17) is 34.8 Å². The Hall–Kier alpha value is -1.34. The second-order valence-electron chi connectivity index (χ2n) is 6.56. The number of piperidine rings is 1. The Morgan fingerprint density at radius 1 is 1.11 bits per heavy atom. The number of imidazole rings is 1. The summed E-state index contributed by atoms with van der Waals surface area (Å²) < 4.78 is 0. The molecule has 1 saturated heterocycles. The van der Waals surface area contributed by atoms with E-state index in [1.807, 2.05) is 18.2 Å². The van der Waals surface area contributed by atoms with Crippen molar-refractivity contribution < 1.29 is 0 Å². The maximum Gasteiger partial charge on any atom is 0.205 e. The maximum absolute atomic E-state index is 6.06. The summed E-state index contributed by atoms with van der Waals surface area (Å²) in [6.45, 7) is 2.76. The predicted octanol–water partition coefficient (Wildman–Crippen LogP) is 5.36. The Labute approximate surface area is 179 Å². The van der Waals surface area contributed by atoms with E-state index in [0.717, 1.165) is 43.2 Å². The van der Waals surface area contributed by atoms with Crippen molar-refractivity contribution in [3.05, 3.63) is 45.5 Å². The highest BCUT2D eigenvalue weighted by atomic mass is 35.5. The van der Waals surface area contributed by atoms with Gasteiger partial charge >= 0.3 is 0 Å². The van der Waals surface area contributed by atoms with Crippen molar-refractivity contribution >= 4 is 71.1 Å². The third-order valence-electron chi connectivity index (χ3n) is 4.58. The molecular weight excluding hydrogens is 425 g/mol. The highest BCUT2D eigenvalue weighted by Gasteiger charge is 2.22. The van der Waals surface area contributed by atoms with Crippen LogP contribution in [0.25, 0.3) is 11.2 Å². The second-order valence-corrected chi connectivity index (χ2v) is 7.82. The van der Waals surface area contributed by atoms with Crippen LogP contribution < -0.4 is 10.2 Å². The summed E-state index contributed by atoms with van der Waals surface area (Å²) >= 11 is 18.1. The van der Waals surface area contributed by atoms with E-state index in [9.17, 15) is 0 Å². The smallest absolute Gasteiger partial charge is 0.205 e. The van der Waals surface area contributed by atoms with Crippen LogP contribution in [0.15, 0.2) is 30.3 Å². The van der Waals surface area contributed by atoms with Crippen LogP contribution in [0.5, 0.6) is 0 Å². The highest BCUT2D eigenvalue weighted by Crippen LogP contribution is 2.26. The molecule has 0 aliphatic carbocycles. The quantitative estimate of drug-likeness (QED) is 0.532. The zero-order valence-electron chi connectivity index (χ0n) is 14.5. The molecule has 1 aliphatic heterocycles. The molecular formula is C18H20Cl3N5S. The Morgan fingerprint density at radius 2 is 1.89 bits per heavy atom. The minimum atomic E-state index is 0. The van der Waals surface area contributed by atoms with Gasteiger partial charge in [0.25, 0.3) is 0 Å². The minimum Gasteiger partial charge on any atom is -0.385 e. The predicted molar refractivity (Wildman–Crippen MR) is 119 cm³/mol. The Balaban J connectivity index is 0.00000210. The lowest BCUT2D eigenvalue weighted by Crippen LogP contribution is -2.38. The average Bonchev–Trinajstić information content (AvgIpc) is 3.03. The number of hydrogen-bond donors (Lipinski definition) is 2. The summed E-state index contributed by atoms with van der Waals surface area (Å²) in [6, 6.07) is 9.20. The van der Waals surface area contributed by atoms with E-state index in [0.29, 0.717) is 26.8 Å². The van der Waals surface area contributed by atoms with E-state index < -0.39 is 0 Å². The van der Waals surface area contributed by atoms with E-state index in [1.165, 1.54) is 6.42 Å². The van der Waals surface area contributed by atoms with Gasteiger partial charge in [0.05, 0.1) is 5.52 Å². The van der Waals surface area contributed by atoms with Gasteiger partial charge in [-0.1, -0.05) is 34.8 Å². The lowest BCUT2D eigenvalue weighted by molar-refractivity contribution is 0.429. The van der Waals surface area contributed by atoms with E-state index in [2.05, 4.69) is 25.2 Å². The lowest BCUT2D eigenvalue weighted by Gasteiger charge is -2.32. The zero-order chi connectivity index (χ0) is 18.1. The molecule has 0 radical (unpaired) electrons. The van der Waals surface area contributed by atoms with Gasteiger partial charge < -0.3 is 15.2 Å². The molecule has 3 heterocycles. The van der Waals surface area contributed by atoms with Crippen molar-refractivity contribution in [3.8, 4) is 0 Å². The Morgan fingerprint density at radius 3 is 2.67 bits per heavy atom. The number of aromatic nitrogens is 3. The van der Waals surface area contributed by atoms with Crippen molar-refractivity contribution in [3.63, 3.8) is 0 Å². The first-order valence-corrected chi connectivity index (χ1v) is 9.67. The standard InChI is InChI=1S/C18H18Cl3N5.H2S/c19-12-6-13(20)8-14(7-12)22-9-11-2-1-5-26(10-11)18-23-15-3-4-16(21)24-17(15)25-18;/h3-4,6-8,11,22H,1-2,5,9-10H2,(H,23,24,25);1H2/t11-;/m0./s1. The first kappa shape index (κ1) is 20.4. The summed E-state index contributed by atoms with van der Waals surface area (Å²) in [4.78, 5) is 14.5. The summed E-state index contributed by atoms with van der Waals surface area (Å²) in [6.07, 6.45) is 2.29. The summed E-state index contributed by atoms with van der Waals surface area (Å²) in [5.41, 5.74) is 2.50. The Kier molecular flexibility index (Phi) is 6.63. The number of fused-ring (bicyclic) bond motifs is 1. The molecule has 2 N–H and O–H groups in total. The third kappa shape index (κ3) is 4.93. The van der Waals surface area contributed by atoms with Gasteiger partial charge in [-0.2, -0.15) is 18.5 Å². The monoisotopic (exact) mass is 443 g/mol. The number of nitrogens with zero attached hydrogens (tertiary/aromatic N) is 3. The van der Waals surface area contributed by atoms with Gasteiger partial charge in [0, 0.05) is 35.4 Å². The molecule has 5 nitrogen and oxygen atoms in total. The molecule has 1 aliphatic rings. The third-order valence-corrected chi connectivity index (χ3v) is 5.22. The molecule has 0 unspecified atom stereocenters. The first-order valence-electron chi connectivity index (χ1n) is 8.54. The van der Waals surface area contributed by atoms with Crippen molar-refractivity contribution in [2.24, 2.45) is 5.92 Å². The molecule has 1 fully saturated rings. The van der Waals surface area contributed by atoms with Crippen molar-refractivity contribution in [1.29, 1.82) is 0 Å². The lowest BCUT2D eigenvalue weighted by atomic mass is 9.98. The molecule has 2 aromatic heterocycles. The zero-order valence-corrected chi connectivity index (χ0v) is 17.7. The van der Waals surface area contributed by atoms with Crippen LogP contribution >= 0.6 is 48.3 Å². The normalized spacial score (nSPS) is 17.0. The second kappa shape index (κ2) is 8.78. The van der Waals surface area contributed by atoms with Gasteiger partial charge in [-0.05, 0) is 49.1 Å². The van der Waals surface area contributed by atoms with Gasteiger partial charge in [-0.15, -0.1) is 0 Å². The SMILES string of the molecule is Clc1cc(Cl)cc(NC[C@@H]2CCCN(c3nc4nc(Cl)ccc4[nH]3)C2)c1.S. The first-order chi connectivity index (χ1) is 12.6. The van der Waals surface area contributed by atoms with Crippen LogP contribution in [-0.4, -0.2) is 34.6 Å². The largest absolute Gasteiger partial charge is 0.385 e. The fourth-order valence-corrected chi connectivity index (χ4v) is 4.02. The highest BCUT2D eigenvalue weighted by molar-refractivity contribution is 7.59. The van der Waals surface area contributed by atoms with Crippen molar-refractivity contribution in [2.75, 3.05) is 29.9 Å². The number of halogens is 3. The molecule has 27 heavy (non-hydrogen) atoms. The summed E-state index contributed by atoms with van der Waals surface area (Å²) in [5.74, 6) is 1.36. The number of rotatable bonds is 4. The van der Waals surface area contributed by atoms with Gasteiger partial charge in [-0.3, -0.25) is 0 Å². The number of aromatic amines is 1. The minimum absolute atomic E-state index is 0. The average molecular weight is 445 g/mol. The van der Waals surface area contributed by atoms with Crippen LogP contribution in [0.3, 0.4) is 0 Å². The number of nitrogens with one attached hydrogen (secondary N) is 2.